The minimum atomic E-state index is -0.660. The maximum absolute atomic E-state index is 13.0. The van der Waals surface area contributed by atoms with Crippen LogP contribution in [-0.2, 0) is 9.53 Å². The summed E-state index contributed by atoms with van der Waals surface area (Å²) in [6, 6.07) is 5.56. The van der Waals surface area contributed by atoms with Gasteiger partial charge in [0.2, 0.25) is 12.7 Å². The lowest BCUT2D eigenvalue weighted by Gasteiger charge is -2.37. The molecule has 2 heterocycles. The number of ketones is 1. The molecule has 140 valence electrons. The Morgan fingerprint density at radius 3 is 2.63 bits per heavy atom. The molecule has 1 aromatic carbocycles. The van der Waals surface area contributed by atoms with Crippen LogP contribution in [0.15, 0.2) is 34.9 Å². The Bertz CT molecular complexity index is 952. The van der Waals surface area contributed by atoms with Crippen LogP contribution in [0.2, 0.25) is 0 Å². The van der Waals surface area contributed by atoms with Crippen molar-refractivity contribution in [2.75, 3.05) is 13.9 Å². The smallest absolute Gasteiger partial charge is 0.231 e. The first-order chi connectivity index (χ1) is 12.8. The van der Waals surface area contributed by atoms with E-state index in [4.69, 9.17) is 24.7 Å². The van der Waals surface area contributed by atoms with Crippen molar-refractivity contribution in [2.24, 2.45) is 11.1 Å². The molecule has 0 fully saturated rings. The number of methoxy groups -OCH3 is 1. The maximum Gasteiger partial charge on any atom is 0.231 e. The van der Waals surface area contributed by atoms with Gasteiger partial charge in [-0.05, 0) is 11.5 Å². The van der Waals surface area contributed by atoms with Crippen molar-refractivity contribution in [3.8, 4) is 23.3 Å². The van der Waals surface area contributed by atoms with E-state index in [1.807, 2.05) is 13.8 Å². The molecule has 7 nitrogen and oxygen atoms in total. The predicted molar refractivity (Wildman–Crippen MR) is 94.8 cm³/mol. The summed E-state index contributed by atoms with van der Waals surface area (Å²) in [7, 11) is 1.53. The van der Waals surface area contributed by atoms with Gasteiger partial charge >= 0.3 is 0 Å². The molecule has 1 aliphatic carbocycles. The number of carbonyl (C=O) groups excluding carboxylic acids is 1. The lowest BCUT2D eigenvalue weighted by Crippen LogP contribution is -2.33. The van der Waals surface area contributed by atoms with Crippen molar-refractivity contribution in [2.45, 2.75) is 32.6 Å². The zero-order valence-corrected chi connectivity index (χ0v) is 15.4. The first kappa shape index (κ1) is 17.3. The Balaban J connectivity index is 1.94. The average Bonchev–Trinajstić information content (AvgIpc) is 3.05. The van der Waals surface area contributed by atoms with E-state index in [-0.39, 0.29) is 29.4 Å². The number of hydrogen-bond donors (Lipinski definition) is 1. The fraction of sp³-hybridized carbons (Fsp3) is 0.400. The Morgan fingerprint density at radius 2 is 1.96 bits per heavy atom. The number of Topliss-reactive ketones (excluding diaryl/α,β-unsaturated/α-hetero) is 1. The molecule has 0 radical (unpaired) electrons. The van der Waals surface area contributed by atoms with Gasteiger partial charge in [-0.1, -0.05) is 13.8 Å². The van der Waals surface area contributed by atoms with E-state index in [9.17, 15) is 10.1 Å². The fourth-order valence-corrected chi connectivity index (χ4v) is 3.94. The van der Waals surface area contributed by atoms with Gasteiger partial charge in [0, 0.05) is 30.0 Å². The van der Waals surface area contributed by atoms with E-state index in [1.54, 1.807) is 12.1 Å². The zero-order chi connectivity index (χ0) is 19.3. The maximum atomic E-state index is 13.0. The summed E-state index contributed by atoms with van der Waals surface area (Å²) in [5, 5.41) is 9.73. The Kier molecular flexibility index (Phi) is 3.81. The van der Waals surface area contributed by atoms with Gasteiger partial charge in [0.15, 0.2) is 17.3 Å². The normalized spacial score (nSPS) is 22.9. The second-order valence-electron chi connectivity index (χ2n) is 7.65. The number of carbonyl (C=O) groups is 1. The number of nitriles is 1. The molecule has 27 heavy (non-hydrogen) atoms. The molecule has 0 aromatic heterocycles. The van der Waals surface area contributed by atoms with Crippen LogP contribution in [0.25, 0.3) is 0 Å². The highest BCUT2D eigenvalue weighted by Gasteiger charge is 2.44. The van der Waals surface area contributed by atoms with Gasteiger partial charge in [-0.15, -0.1) is 0 Å². The minimum Gasteiger partial charge on any atom is -0.496 e. The quantitative estimate of drug-likeness (QED) is 0.856. The highest BCUT2D eigenvalue weighted by Crippen LogP contribution is 2.51. The Morgan fingerprint density at radius 1 is 1.26 bits per heavy atom. The molecule has 1 aromatic rings. The van der Waals surface area contributed by atoms with E-state index in [0.717, 1.165) is 0 Å². The topological polar surface area (TPSA) is 104 Å². The number of ether oxygens (including phenoxy) is 4. The first-order valence-corrected chi connectivity index (χ1v) is 8.66. The minimum absolute atomic E-state index is 0.0199. The van der Waals surface area contributed by atoms with Gasteiger partial charge in [0.1, 0.15) is 23.2 Å². The summed E-state index contributed by atoms with van der Waals surface area (Å²) < 4.78 is 22.1. The first-order valence-electron chi connectivity index (χ1n) is 8.66. The van der Waals surface area contributed by atoms with Crippen LogP contribution in [0.4, 0.5) is 0 Å². The van der Waals surface area contributed by atoms with Gasteiger partial charge < -0.3 is 24.7 Å². The second-order valence-corrected chi connectivity index (χ2v) is 7.65. The van der Waals surface area contributed by atoms with Crippen molar-refractivity contribution in [3.05, 3.63) is 40.5 Å². The lowest BCUT2D eigenvalue weighted by molar-refractivity contribution is -0.119. The van der Waals surface area contributed by atoms with Crippen LogP contribution in [0.1, 0.15) is 38.2 Å². The Labute approximate surface area is 156 Å². The van der Waals surface area contributed by atoms with Crippen molar-refractivity contribution < 1.29 is 23.7 Å². The number of rotatable bonds is 2. The molecule has 0 saturated heterocycles. The molecule has 2 N–H and O–H groups in total. The highest BCUT2D eigenvalue weighted by molar-refractivity contribution is 6.00. The molecule has 0 spiro atoms. The molecule has 7 heteroatoms. The van der Waals surface area contributed by atoms with Crippen molar-refractivity contribution in [3.63, 3.8) is 0 Å². The van der Waals surface area contributed by atoms with Crippen LogP contribution in [0, 0.1) is 16.7 Å². The molecule has 1 atom stereocenters. The summed E-state index contributed by atoms with van der Waals surface area (Å²) in [4.78, 5) is 13.0. The van der Waals surface area contributed by atoms with Crippen LogP contribution < -0.4 is 19.9 Å². The zero-order valence-electron chi connectivity index (χ0n) is 15.4. The summed E-state index contributed by atoms with van der Waals surface area (Å²) in [6.07, 6.45) is 0.939. The third-order valence-electron chi connectivity index (χ3n) is 5.11. The van der Waals surface area contributed by atoms with E-state index < -0.39 is 5.92 Å². The predicted octanol–water partition coefficient (Wildman–Crippen LogP) is 2.87. The molecule has 2 aliphatic heterocycles. The van der Waals surface area contributed by atoms with Crippen LogP contribution in [-0.4, -0.2) is 19.7 Å². The third kappa shape index (κ3) is 2.69. The van der Waals surface area contributed by atoms with Crippen LogP contribution in [0.3, 0.4) is 0 Å². The van der Waals surface area contributed by atoms with Crippen molar-refractivity contribution in [1.29, 1.82) is 5.26 Å². The number of hydrogen-bond acceptors (Lipinski definition) is 7. The molecular weight excluding hydrogens is 348 g/mol. The van der Waals surface area contributed by atoms with Gasteiger partial charge in [0.25, 0.3) is 0 Å². The summed E-state index contributed by atoms with van der Waals surface area (Å²) in [6.45, 7) is 4.13. The van der Waals surface area contributed by atoms with Gasteiger partial charge in [-0.25, -0.2) is 0 Å². The Hall–Kier alpha value is -3.14. The standard InChI is InChI=1S/C20H20N2O5/c1-20(2)6-12(23)18-16(7-20)27-19(22)11(8-21)17(18)10-4-14-15(26-9-25-14)5-13(10)24-3/h4-5,17H,6-7,9,22H2,1-3H3. The highest BCUT2D eigenvalue weighted by atomic mass is 16.7. The number of nitrogens with zero attached hydrogens (tertiary/aromatic N) is 1. The van der Waals surface area contributed by atoms with Crippen molar-refractivity contribution >= 4 is 5.78 Å². The number of nitrogens with two attached hydrogens (primary N) is 1. The number of fused-ring (bicyclic) bond motifs is 1. The van der Waals surface area contributed by atoms with Crippen LogP contribution in [0.5, 0.6) is 17.2 Å². The molecule has 4 rings (SSSR count). The largest absolute Gasteiger partial charge is 0.496 e. The van der Waals surface area contributed by atoms with E-state index in [1.165, 1.54) is 7.11 Å². The van der Waals surface area contributed by atoms with Crippen LogP contribution >= 0.6 is 0 Å². The van der Waals surface area contributed by atoms with E-state index in [0.29, 0.717) is 47.0 Å². The van der Waals surface area contributed by atoms with Crippen molar-refractivity contribution in [1.82, 2.24) is 0 Å². The second kappa shape index (κ2) is 5.95. The summed E-state index contributed by atoms with van der Waals surface area (Å²) in [5.74, 6) is 1.43. The van der Waals surface area contributed by atoms with Gasteiger partial charge in [-0.2, -0.15) is 5.26 Å². The summed E-state index contributed by atoms with van der Waals surface area (Å²) >= 11 is 0. The van der Waals surface area contributed by atoms with E-state index in [2.05, 4.69) is 6.07 Å². The monoisotopic (exact) mass is 368 g/mol. The molecular formula is C20H20N2O5. The van der Waals surface area contributed by atoms with E-state index >= 15 is 0 Å². The molecule has 0 bridgehead atoms. The lowest BCUT2D eigenvalue weighted by atomic mass is 9.70. The average molecular weight is 368 g/mol. The molecule has 3 aliphatic rings. The molecule has 0 amide bonds. The summed E-state index contributed by atoms with van der Waals surface area (Å²) in [5.41, 5.74) is 7.12. The third-order valence-corrected chi connectivity index (χ3v) is 5.11. The molecule has 0 saturated carbocycles. The fourth-order valence-electron chi connectivity index (χ4n) is 3.94. The van der Waals surface area contributed by atoms with Gasteiger partial charge in [-0.3, -0.25) is 4.79 Å². The number of allylic oxidation sites excluding steroid dienone is 3. The number of benzene rings is 1. The molecule has 1 unspecified atom stereocenters. The van der Waals surface area contributed by atoms with Gasteiger partial charge in [0.05, 0.1) is 13.0 Å². The SMILES string of the molecule is COc1cc2c(cc1C1C(C#N)=C(N)OC3=C1C(=O)CC(C)(C)C3)OCO2.